The summed E-state index contributed by atoms with van der Waals surface area (Å²) in [6.07, 6.45) is 2.84. The Morgan fingerprint density at radius 1 is 0.950 bits per heavy atom. The van der Waals surface area contributed by atoms with Crippen molar-refractivity contribution in [2.75, 3.05) is 7.11 Å². The second-order valence-corrected chi connectivity index (χ2v) is 9.33. The average molecular weight is 542 g/mol. The summed E-state index contributed by atoms with van der Waals surface area (Å²) >= 11 is 0. The van der Waals surface area contributed by atoms with E-state index in [9.17, 15) is 14.0 Å². The zero-order valence-corrected chi connectivity index (χ0v) is 22.3. The Bertz CT molecular complexity index is 1830. The first-order chi connectivity index (χ1) is 19.2. The third-order valence-electron chi connectivity index (χ3n) is 6.93. The van der Waals surface area contributed by atoms with E-state index in [1.165, 1.54) is 55.9 Å². The van der Waals surface area contributed by atoms with Gasteiger partial charge in [-0.3, -0.25) is 14.6 Å². The maximum absolute atomic E-state index is 15.1. The minimum Gasteiger partial charge on any atom is -0.495 e. The van der Waals surface area contributed by atoms with Gasteiger partial charge in [-0.15, -0.1) is 0 Å². The molecular weight excluding hydrogens is 516 g/mol. The third kappa shape index (κ3) is 4.93. The Morgan fingerprint density at radius 3 is 2.40 bits per heavy atom. The third-order valence-corrected chi connectivity index (χ3v) is 6.93. The number of halogens is 2. The van der Waals surface area contributed by atoms with Crippen molar-refractivity contribution in [2.45, 2.75) is 20.3 Å². The molecule has 5 rings (SSSR count). The smallest absolute Gasteiger partial charge is 0.200 e. The summed E-state index contributed by atoms with van der Waals surface area (Å²) in [4.78, 5) is 35.5. The van der Waals surface area contributed by atoms with Crippen LogP contribution in [-0.4, -0.2) is 27.4 Å². The molecule has 0 aliphatic rings. The molecule has 5 aromatic rings. The molecule has 9 heteroatoms. The van der Waals surface area contributed by atoms with Crippen LogP contribution in [0.15, 0.2) is 71.8 Å². The van der Waals surface area contributed by atoms with Crippen LogP contribution in [0, 0.1) is 25.5 Å². The molecular formula is C31H25F2N3O4. The van der Waals surface area contributed by atoms with E-state index in [1.54, 1.807) is 43.7 Å². The number of benzene rings is 2. The van der Waals surface area contributed by atoms with Gasteiger partial charge in [0, 0.05) is 48.7 Å². The van der Waals surface area contributed by atoms with Gasteiger partial charge in [-0.25, -0.2) is 13.8 Å². The van der Waals surface area contributed by atoms with E-state index in [0.717, 1.165) is 0 Å². The van der Waals surface area contributed by atoms with Crippen molar-refractivity contribution in [2.24, 2.45) is 7.05 Å². The Labute approximate surface area is 228 Å². The standard InChI is InChI=1S/C31H25F2N3O4/c1-17-28(20-6-8-21(32)9-7-20)31(38)29(18(2)36(17)3)25(37)14-19-5-10-26(23(33)13-19)40-27-11-12-34-24-15-22(39-4)16-35-30(24)27/h5-13,15-16H,14H2,1-4H3. The minimum absolute atomic E-state index is 0.0120. The first-order valence-electron chi connectivity index (χ1n) is 12.4. The molecule has 0 spiro atoms. The highest BCUT2D eigenvalue weighted by atomic mass is 19.1. The Morgan fingerprint density at radius 2 is 1.70 bits per heavy atom. The van der Waals surface area contributed by atoms with Crippen LogP contribution >= 0.6 is 0 Å². The van der Waals surface area contributed by atoms with Crippen molar-refractivity contribution < 1.29 is 23.0 Å². The van der Waals surface area contributed by atoms with E-state index < -0.39 is 22.8 Å². The zero-order chi connectivity index (χ0) is 28.6. The van der Waals surface area contributed by atoms with Gasteiger partial charge in [-0.2, -0.15) is 0 Å². The summed E-state index contributed by atoms with van der Waals surface area (Å²) in [6.45, 7) is 3.46. The second kappa shape index (κ2) is 10.7. The van der Waals surface area contributed by atoms with Gasteiger partial charge in [0.15, 0.2) is 23.1 Å². The molecule has 0 bridgehead atoms. The van der Waals surface area contributed by atoms with Crippen LogP contribution in [-0.2, 0) is 13.5 Å². The monoisotopic (exact) mass is 541 g/mol. The van der Waals surface area contributed by atoms with Crippen LogP contribution in [0.1, 0.15) is 27.3 Å². The van der Waals surface area contributed by atoms with Gasteiger partial charge in [-0.1, -0.05) is 18.2 Å². The maximum Gasteiger partial charge on any atom is 0.200 e. The van der Waals surface area contributed by atoms with Gasteiger partial charge < -0.3 is 14.0 Å². The van der Waals surface area contributed by atoms with Crippen molar-refractivity contribution in [1.82, 2.24) is 14.5 Å². The lowest BCUT2D eigenvalue weighted by Gasteiger charge is -2.17. The van der Waals surface area contributed by atoms with E-state index in [1.807, 2.05) is 0 Å². The van der Waals surface area contributed by atoms with Crippen molar-refractivity contribution in [3.8, 4) is 28.4 Å². The number of hydrogen-bond donors (Lipinski definition) is 0. The number of Topliss-reactive ketones (excluding diaryl/α,β-unsaturated/α-hetero) is 1. The lowest BCUT2D eigenvalue weighted by molar-refractivity contribution is 0.0990. The van der Waals surface area contributed by atoms with Crippen LogP contribution in [0.3, 0.4) is 0 Å². The first-order valence-corrected chi connectivity index (χ1v) is 12.4. The first kappa shape index (κ1) is 26.7. The molecule has 0 radical (unpaired) electrons. The predicted molar refractivity (Wildman–Crippen MR) is 147 cm³/mol. The van der Waals surface area contributed by atoms with Crippen molar-refractivity contribution >= 4 is 16.8 Å². The van der Waals surface area contributed by atoms with Crippen molar-refractivity contribution in [3.63, 3.8) is 0 Å². The Balaban J connectivity index is 1.44. The normalized spacial score (nSPS) is 11.1. The van der Waals surface area contributed by atoms with Crippen LogP contribution in [0.2, 0.25) is 0 Å². The van der Waals surface area contributed by atoms with Crippen molar-refractivity contribution in [3.05, 3.63) is 111 Å². The lowest BCUT2D eigenvalue weighted by atomic mass is 9.95. The summed E-state index contributed by atoms with van der Waals surface area (Å²) in [7, 11) is 3.28. The van der Waals surface area contributed by atoms with Gasteiger partial charge in [0.1, 0.15) is 17.1 Å². The van der Waals surface area contributed by atoms with Crippen LogP contribution in [0.5, 0.6) is 17.2 Å². The molecule has 202 valence electrons. The SMILES string of the molecule is COc1cnc2c(Oc3ccc(CC(=O)c4c(C)n(C)c(C)c(-c5ccc(F)cc5)c4=O)cc3F)ccnc2c1. The highest BCUT2D eigenvalue weighted by Crippen LogP contribution is 2.31. The number of pyridine rings is 3. The number of methoxy groups -OCH3 is 1. The fraction of sp³-hybridized carbons (Fsp3) is 0.161. The number of fused-ring (bicyclic) bond motifs is 1. The highest BCUT2D eigenvalue weighted by Gasteiger charge is 2.22. The van der Waals surface area contributed by atoms with Gasteiger partial charge in [0.2, 0.25) is 5.43 Å². The molecule has 3 aromatic heterocycles. The van der Waals surface area contributed by atoms with E-state index in [-0.39, 0.29) is 17.7 Å². The Kier molecular flexibility index (Phi) is 7.13. The summed E-state index contributed by atoms with van der Waals surface area (Å²) in [5, 5.41) is 0. The number of hydrogen-bond acceptors (Lipinski definition) is 6. The number of ketones is 1. The van der Waals surface area contributed by atoms with E-state index in [0.29, 0.717) is 50.6 Å². The molecule has 3 heterocycles. The molecule has 7 nitrogen and oxygen atoms in total. The number of carbonyl (C=O) groups is 1. The molecule has 0 atom stereocenters. The molecule has 2 aromatic carbocycles. The van der Waals surface area contributed by atoms with E-state index >= 15 is 4.39 Å². The lowest BCUT2D eigenvalue weighted by Crippen LogP contribution is -2.25. The Hall–Kier alpha value is -4.92. The zero-order valence-electron chi connectivity index (χ0n) is 22.3. The van der Waals surface area contributed by atoms with E-state index in [2.05, 4.69) is 9.97 Å². The number of carbonyl (C=O) groups excluding carboxylic acids is 1. The van der Waals surface area contributed by atoms with Gasteiger partial charge >= 0.3 is 0 Å². The summed E-state index contributed by atoms with van der Waals surface area (Å²) in [5.41, 5.74) is 2.88. The van der Waals surface area contributed by atoms with Crippen LogP contribution in [0.25, 0.3) is 22.2 Å². The molecule has 0 aliphatic heterocycles. The largest absolute Gasteiger partial charge is 0.495 e. The van der Waals surface area contributed by atoms with Crippen LogP contribution < -0.4 is 14.9 Å². The number of aromatic nitrogens is 3. The molecule has 0 amide bonds. The fourth-order valence-corrected chi connectivity index (χ4v) is 4.64. The summed E-state index contributed by atoms with van der Waals surface area (Å²) in [6, 6.07) is 13.0. The molecule has 0 saturated carbocycles. The van der Waals surface area contributed by atoms with E-state index in [4.69, 9.17) is 9.47 Å². The van der Waals surface area contributed by atoms with Crippen LogP contribution in [0.4, 0.5) is 8.78 Å². The van der Waals surface area contributed by atoms with Gasteiger partial charge in [0.25, 0.3) is 0 Å². The summed E-state index contributed by atoms with van der Waals surface area (Å²) < 4.78 is 41.3. The second-order valence-electron chi connectivity index (χ2n) is 9.33. The summed E-state index contributed by atoms with van der Waals surface area (Å²) in [5.74, 6) is -0.771. The molecule has 0 N–H and O–H groups in total. The molecule has 0 fully saturated rings. The average Bonchev–Trinajstić information content (AvgIpc) is 2.94. The molecule has 0 aliphatic carbocycles. The number of ether oxygens (including phenoxy) is 2. The molecule has 0 unspecified atom stereocenters. The molecule has 40 heavy (non-hydrogen) atoms. The highest BCUT2D eigenvalue weighted by molar-refractivity contribution is 5.99. The van der Waals surface area contributed by atoms with Gasteiger partial charge in [-0.05, 0) is 49.2 Å². The minimum atomic E-state index is -0.677. The number of rotatable bonds is 7. The fourth-order valence-electron chi connectivity index (χ4n) is 4.64. The quantitative estimate of drug-likeness (QED) is 0.231. The molecule has 0 saturated heterocycles. The number of nitrogens with zero attached hydrogens (tertiary/aromatic N) is 3. The topological polar surface area (TPSA) is 83.3 Å². The predicted octanol–water partition coefficient (Wildman–Crippen LogP) is 6.12. The van der Waals surface area contributed by atoms with Crippen molar-refractivity contribution in [1.29, 1.82) is 0 Å². The van der Waals surface area contributed by atoms with Gasteiger partial charge in [0.05, 0.1) is 24.4 Å². The maximum atomic E-state index is 15.1.